The average molecular weight is 408 g/mol. The number of benzene rings is 2. The van der Waals surface area contributed by atoms with Crippen LogP contribution in [0.4, 0.5) is 52.7 Å². The Kier molecular flexibility index (Phi) is 4.01. The van der Waals surface area contributed by atoms with E-state index in [1.54, 1.807) is 0 Å². The van der Waals surface area contributed by atoms with E-state index in [1.165, 1.54) is 0 Å². The van der Waals surface area contributed by atoms with E-state index in [9.17, 15) is 52.7 Å². The summed E-state index contributed by atoms with van der Waals surface area (Å²) in [7, 11) is 0. The molecular formula is C15F12. The number of allylic oxidation sites excluding steroid dienone is 1. The van der Waals surface area contributed by atoms with Crippen molar-refractivity contribution in [2.24, 2.45) is 0 Å². The van der Waals surface area contributed by atoms with Gasteiger partial charge in [-0.25, -0.2) is 43.9 Å². The largest absolute Gasteiger partial charge is 0.328 e. The Morgan fingerprint density at radius 3 is 1.19 bits per heavy atom. The lowest BCUT2D eigenvalue weighted by Crippen LogP contribution is -2.16. The molecule has 12 heteroatoms. The van der Waals surface area contributed by atoms with Crippen molar-refractivity contribution in [3.63, 3.8) is 0 Å². The van der Waals surface area contributed by atoms with Crippen LogP contribution in [-0.2, 0) is 5.92 Å². The maximum atomic E-state index is 14.1. The zero-order chi connectivity index (χ0) is 20.6. The van der Waals surface area contributed by atoms with Crippen molar-refractivity contribution in [3.05, 3.63) is 74.9 Å². The van der Waals surface area contributed by atoms with Crippen LogP contribution >= 0.6 is 0 Å². The summed E-state index contributed by atoms with van der Waals surface area (Å²) >= 11 is 0. The highest BCUT2D eigenvalue weighted by Crippen LogP contribution is 2.54. The van der Waals surface area contributed by atoms with Gasteiger partial charge in [-0.15, -0.1) is 0 Å². The van der Waals surface area contributed by atoms with Crippen LogP contribution in [0.15, 0.2) is 5.83 Å². The van der Waals surface area contributed by atoms with Crippen molar-refractivity contribution in [1.82, 2.24) is 0 Å². The first-order valence-corrected chi connectivity index (χ1v) is 6.52. The molecule has 0 spiro atoms. The molecular weight excluding hydrogens is 408 g/mol. The molecule has 0 aliphatic heterocycles. The van der Waals surface area contributed by atoms with Gasteiger partial charge in [-0.1, -0.05) is 0 Å². The summed E-state index contributed by atoms with van der Waals surface area (Å²) in [5.41, 5.74) is -9.43. The molecule has 0 nitrogen and oxygen atoms in total. The lowest BCUT2D eigenvalue weighted by atomic mass is 9.96. The predicted molar refractivity (Wildman–Crippen MR) is 63.5 cm³/mol. The van der Waals surface area contributed by atoms with Crippen molar-refractivity contribution in [2.75, 3.05) is 0 Å². The summed E-state index contributed by atoms with van der Waals surface area (Å²) in [5, 5.41) is 0. The zero-order valence-corrected chi connectivity index (χ0v) is 12.0. The Morgan fingerprint density at radius 2 is 0.741 bits per heavy atom. The van der Waals surface area contributed by atoms with Gasteiger partial charge >= 0.3 is 5.92 Å². The Balaban J connectivity index is 2.56. The zero-order valence-electron chi connectivity index (χ0n) is 12.0. The van der Waals surface area contributed by atoms with Gasteiger partial charge in [0.25, 0.3) is 0 Å². The maximum Gasteiger partial charge on any atom is 0.328 e. The van der Waals surface area contributed by atoms with E-state index in [1.807, 2.05) is 0 Å². The van der Waals surface area contributed by atoms with Gasteiger partial charge in [-0.2, -0.15) is 8.78 Å². The fourth-order valence-electron chi connectivity index (χ4n) is 2.60. The molecule has 0 unspecified atom stereocenters. The van der Waals surface area contributed by atoms with Crippen molar-refractivity contribution in [2.45, 2.75) is 5.92 Å². The molecule has 1 aliphatic carbocycles. The van der Waals surface area contributed by atoms with Gasteiger partial charge in [0.2, 0.25) is 5.82 Å². The van der Waals surface area contributed by atoms with E-state index >= 15 is 0 Å². The van der Waals surface area contributed by atoms with Gasteiger partial charge in [0.1, 0.15) is 0 Å². The van der Waals surface area contributed by atoms with E-state index < -0.39 is 86.4 Å². The molecule has 1 aliphatic rings. The number of alkyl halides is 2. The number of halogens is 12. The molecule has 144 valence electrons. The fourth-order valence-corrected chi connectivity index (χ4v) is 2.60. The molecule has 0 saturated heterocycles. The molecule has 2 aromatic carbocycles. The van der Waals surface area contributed by atoms with Crippen LogP contribution in [0.5, 0.6) is 0 Å². The van der Waals surface area contributed by atoms with Crippen LogP contribution in [-0.4, -0.2) is 0 Å². The molecule has 0 fully saturated rings. The second kappa shape index (κ2) is 5.67. The molecule has 0 saturated carbocycles. The monoisotopic (exact) mass is 408 g/mol. The number of rotatable bonds is 1. The van der Waals surface area contributed by atoms with Crippen LogP contribution in [0.2, 0.25) is 0 Å². The first-order valence-electron chi connectivity index (χ1n) is 6.52. The fraction of sp³-hybridized carbons (Fsp3) is 0.0667. The van der Waals surface area contributed by atoms with Crippen LogP contribution in [0.3, 0.4) is 0 Å². The highest BCUT2D eigenvalue weighted by molar-refractivity contribution is 5.89. The summed E-state index contributed by atoms with van der Waals surface area (Å²) in [4.78, 5) is 0. The summed E-state index contributed by atoms with van der Waals surface area (Å²) in [6, 6.07) is 0. The molecule has 0 N–H and O–H groups in total. The summed E-state index contributed by atoms with van der Waals surface area (Å²) in [5.74, 6) is -33.4. The van der Waals surface area contributed by atoms with Crippen molar-refractivity contribution in [3.8, 4) is 0 Å². The number of hydrogen-bond donors (Lipinski definition) is 0. The highest BCUT2D eigenvalue weighted by Gasteiger charge is 2.54. The minimum Gasteiger partial charge on any atom is -0.204 e. The lowest BCUT2D eigenvalue weighted by molar-refractivity contribution is 0.0142. The van der Waals surface area contributed by atoms with Gasteiger partial charge in [-0.3, -0.25) is 0 Å². The molecule has 0 heterocycles. The predicted octanol–water partition coefficient (Wildman–Crippen LogP) is 5.77. The van der Waals surface area contributed by atoms with Gasteiger partial charge in [-0.05, 0) is 0 Å². The van der Waals surface area contributed by atoms with E-state index in [4.69, 9.17) is 0 Å². The SMILES string of the molecule is FC1=C(c2c(F)c(F)c(F)c(F)c2F)c2c(F)c(F)c(F)c(F)c2C1(F)F. The van der Waals surface area contributed by atoms with E-state index in [0.29, 0.717) is 0 Å². The quantitative estimate of drug-likeness (QED) is 0.319. The van der Waals surface area contributed by atoms with Gasteiger partial charge in [0.15, 0.2) is 52.4 Å². The normalized spacial score (nSPS) is 15.6. The summed E-state index contributed by atoms with van der Waals surface area (Å²) < 4.78 is 163. The van der Waals surface area contributed by atoms with Crippen LogP contribution in [0.1, 0.15) is 16.7 Å². The van der Waals surface area contributed by atoms with Gasteiger partial charge in [0, 0.05) is 11.1 Å². The van der Waals surface area contributed by atoms with Crippen molar-refractivity contribution >= 4 is 5.57 Å². The van der Waals surface area contributed by atoms with Crippen molar-refractivity contribution < 1.29 is 52.7 Å². The molecule has 3 rings (SSSR count). The average Bonchev–Trinajstić information content (AvgIpc) is 2.82. The second-order valence-electron chi connectivity index (χ2n) is 5.21. The van der Waals surface area contributed by atoms with Crippen LogP contribution in [0.25, 0.3) is 5.57 Å². The van der Waals surface area contributed by atoms with Crippen LogP contribution in [0, 0.1) is 52.4 Å². The first kappa shape index (κ1) is 19.1. The third-order valence-electron chi connectivity index (χ3n) is 3.79. The minimum atomic E-state index is -5.29. The second-order valence-corrected chi connectivity index (χ2v) is 5.21. The number of hydrogen-bond acceptors (Lipinski definition) is 0. The number of fused-ring (bicyclic) bond motifs is 1. The standard InChI is InChI=1S/C15F12/c16-5-2-1(3-6(17)10(21)13(24)11(22)7(3)18)14(25)15(26,27)4(2)8(19)12(23)9(5)20. The van der Waals surface area contributed by atoms with Crippen molar-refractivity contribution in [1.29, 1.82) is 0 Å². The van der Waals surface area contributed by atoms with Gasteiger partial charge in [0.05, 0.1) is 11.1 Å². The third-order valence-corrected chi connectivity index (χ3v) is 3.79. The van der Waals surface area contributed by atoms with E-state index in [2.05, 4.69) is 0 Å². The first-order chi connectivity index (χ1) is 12.4. The molecule has 0 radical (unpaired) electrons. The third kappa shape index (κ3) is 2.21. The molecule has 27 heavy (non-hydrogen) atoms. The molecule has 0 atom stereocenters. The highest BCUT2D eigenvalue weighted by atomic mass is 19.3. The Bertz CT molecular complexity index is 1020. The maximum absolute atomic E-state index is 14.1. The smallest absolute Gasteiger partial charge is 0.204 e. The molecule has 0 amide bonds. The molecule has 2 aromatic rings. The van der Waals surface area contributed by atoms with E-state index in [-0.39, 0.29) is 0 Å². The van der Waals surface area contributed by atoms with E-state index in [0.717, 1.165) is 0 Å². The lowest BCUT2D eigenvalue weighted by Gasteiger charge is -2.13. The summed E-state index contributed by atoms with van der Waals surface area (Å²) in [6.07, 6.45) is 0. The Hall–Kier alpha value is -2.66. The Labute approximate surface area is 140 Å². The topological polar surface area (TPSA) is 0 Å². The molecule has 0 bridgehead atoms. The molecule has 0 aromatic heterocycles. The Morgan fingerprint density at radius 1 is 0.407 bits per heavy atom. The van der Waals surface area contributed by atoms with Crippen LogP contribution < -0.4 is 0 Å². The van der Waals surface area contributed by atoms with Gasteiger partial charge < -0.3 is 0 Å². The summed E-state index contributed by atoms with van der Waals surface area (Å²) in [6.45, 7) is 0. The minimum absolute atomic E-state index is 2.21.